The molecule has 3 heterocycles. The summed E-state index contributed by atoms with van der Waals surface area (Å²) in [6.07, 6.45) is 0.525. The van der Waals surface area contributed by atoms with E-state index in [9.17, 15) is 23.8 Å². The molecular formula is C22H19ClF2N4O4. The van der Waals surface area contributed by atoms with Crippen molar-refractivity contribution < 1.29 is 28.5 Å². The predicted octanol–water partition coefficient (Wildman–Crippen LogP) is 2.86. The molecule has 2 aromatic heterocycles. The topological polar surface area (TPSA) is 117 Å². The first-order chi connectivity index (χ1) is 15.9. The molecule has 0 saturated carbocycles. The largest absolute Gasteiger partial charge is 0.390 e. The van der Waals surface area contributed by atoms with Crippen LogP contribution in [0.15, 0.2) is 48.9 Å². The second-order valence-electron chi connectivity index (χ2n) is 7.39. The van der Waals surface area contributed by atoms with Gasteiger partial charge in [-0.05, 0) is 24.3 Å². The number of pyridine rings is 1. The number of carbonyl (C=O) groups is 1. The summed E-state index contributed by atoms with van der Waals surface area (Å²) in [6.45, 7) is 0. The first-order valence-electron chi connectivity index (χ1n) is 9.99. The van der Waals surface area contributed by atoms with Gasteiger partial charge in [-0.2, -0.15) is 0 Å². The van der Waals surface area contributed by atoms with E-state index in [2.05, 4.69) is 20.3 Å². The summed E-state index contributed by atoms with van der Waals surface area (Å²) in [5.74, 6) is -2.69. The minimum Gasteiger partial charge on any atom is -0.390 e. The lowest BCUT2D eigenvalue weighted by molar-refractivity contribution is -0.162. The molecule has 1 fully saturated rings. The zero-order chi connectivity index (χ0) is 23.5. The Labute approximate surface area is 192 Å². The van der Waals surface area contributed by atoms with Crippen molar-refractivity contribution in [3.05, 3.63) is 71.8 Å². The Morgan fingerprint density at radius 3 is 2.67 bits per heavy atom. The third kappa shape index (κ3) is 4.83. The maximum atomic E-state index is 14.1. The average molecular weight is 477 g/mol. The van der Waals surface area contributed by atoms with Crippen LogP contribution in [0.1, 0.15) is 28.6 Å². The van der Waals surface area contributed by atoms with Gasteiger partial charge in [0.25, 0.3) is 5.91 Å². The molecule has 1 aliphatic heterocycles. The quantitative estimate of drug-likeness (QED) is 0.485. The van der Waals surface area contributed by atoms with Gasteiger partial charge in [0, 0.05) is 24.4 Å². The number of aliphatic hydroxyl groups is 2. The number of hydrogen-bond acceptors (Lipinski definition) is 7. The van der Waals surface area contributed by atoms with Gasteiger partial charge in [0.15, 0.2) is 5.82 Å². The van der Waals surface area contributed by atoms with Crippen LogP contribution in [0, 0.1) is 11.6 Å². The third-order valence-electron chi connectivity index (χ3n) is 5.25. The summed E-state index contributed by atoms with van der Waals surface area (Å²) in [4.78, 5) is 24.8. The van der Waals surface area contributed by atoms with Crippen molar-refractivity contribution in [2.75, 3.05) is 11.2 Å². The van der Waals surface area contributed by atoms with Gasteiger partial charge in [-0.25, -0.2) is 18.7 Å². The van der Waals surface area contributed by atoms with Crippen LogP contribution < -0.4 is 5.32 Å². The van der Waals surface area contributed by atoms with Gasteiger partial charge in [-0.1, -0.05) is 6.07 Å². The predicted molar refractivity (Wildman–Crippen MR) is 115 cm³/mol. The zero-order valence-electron chi connectivity index (χ0n) is 17.0. The van der Waals surface area contributed by atoms with Crippen LogP contribution in [-0.2, 0) is 4.74 Å². The maximum absolute atomic E-state index is 14.1. The normalized spacial score (nSPS) is 22.7. The van der Waals surface area contributed by atoms with Crippen LogP contribution in [0.3, 0.4) is 0 Å². The fourth-order valence-corrected chi connectivity index (χ4v) is 3.83. The highest BCUT2D eigenvalue weighted by Crippen LogP contribution is 2.35. The van der Waals surface area contributed by atoms with Crippen LogP contribution in [0.2, 0.25) is 0 Å². The number of aliphatic hydroxyl groups excluding tert-OH is 2. The molecule has 3 aromatic rings. The number of alkyl halides is 1. The maximum Gasteiger partial charge on any atom is 0.274 e. The number of ether oxygens (including phenoxy) is 1. The third-order valence-corrected chi connectivity index (χ3v) is 5.55. The molecule has 0 bridgehead atoms. The molecule has 1 amide bonds. The summed E-state index contributed by atoms with van der Waals surface area (Å²) in [6, 6.07) is 6.26. The molecule has 4 rings (SSSR count). The monoisotopic (exact) mass is 476 g/mol. The lowest BCUT2D eigenvalue weighted by Gasteiger charge is -2.37. The number of aromatic nitrogens is 3. The van der Waals surface area contributed by atoms with Gasteiger partial charge in [0.05, 0.1) is 35.5 Å². The van der Waals surface area contributed by atoms with Crippen molar-refractivity contribution in [2.24, 2.45) is 0 Å². The highest BCUT2D eigenvalue weighted by Gasteiger charge is 2.37. The molecule has 11 heteroatoms. The van der Waals surface area contributed by atoms with Gasteiger partial charge < -0.3 is 20.3 Å². The lowest BCUT2D eigenvalue weighted by Crippen LogP contribution is -2.46. The smallest absolute Gasteiger partial charge is 0.274 e. The highest BCUT2D eigenvalue weighted by atomic mass is 35.5. The Bertz CT molecular complexity index is 1150. The molecule has 0 unspecified atom stereocenters. The van der Waals surface area contributed by atoms with E-state index in [0.717, 1.165) is 12.1 Å². The van der Waals surface area contributed by atoms with Crippen LogP contribution in [0.5, 0.6) is 0 Å². The molecule has 3 N–H and O–H groups in total. The molecule has 172 valence electrons. The Kier molecular flexibility index (Phi) is 6.89. The van der Waals surface area contributed by atoms with E-state index < -0.39 is 47.5 Å². The van der Waals surface area contributed by atoms with Gasteiger partial charge >= 0.3 is 0 Å². The number of nitrogens with one attached hydrogen (secondary N) is 1. The number of nitrogens with zero attached hydrogens (tertiary/aromatic N) is 3. The van der Waals surface area contributed by atoms with Crippen molar-refractivity contribution in [1.82, 2.24) is 15.0 Å². The molecule has 1 aromatic carbocycles. The Morgan fingerprint density at radius 2 is 1.94 bits per heavy atom. The first-order valence-corrected chi connectivity index (χ1v) is 10.5. The fourth-order valence-electron chi connectivity index (χ4n) is 3.58. The van der Waals surface area contributed by atoms with E-state index in [-0.39, 0.29) is 29.5 Å². The van der Waals surface area contributed by atoms with Crippen LogP contribution in [-0.4, -0.2) is 55.3 Å². The molecule has 1 aliphatic rings. The Hall–Kier alpha value is -3.05. The van der Waals surface area contributed by atoms with Gasteiger partial charge in [-0.15, -0.1) is 11.6 Å². The number of benzene rings is 1. The molecule has 33 heavy (non-hydrogen) atoms. The number of anilines is 1. The van der Waals surface area contributed by atoms with Crippen molar-refractivity contribution in [3.8, 4) is 11.4 Å². The SMILES string of the molecule is O=C(Nc1cnccc1[C@H]1C[C@@H](O)[C@H](O)[C@@H](CCl)O1)c1ccnc(-c2c(F)cccc2F)n1. The van der Waals surface area contributed by atoms with E-state index in [4.69, 9.17) is 16.3 Å². The Balaban J connectivity index is 1.60. The summed E-state index contributed by atoms with van der Waals surface area (Å²) in [5.41, 5.74) is 0.219. The molecular weight excluding hydrogens is 458 g/mol. The number of halogens is 3. The van der Waals surface area contributed by atoms with E-state index in [1.165, 1.54) is 30.7 Å². The molecule has 1 saturated heterocycles. The van der Waals surface area contributed by atoms with E-state index in [0.29, 0.717) is 5.56 Å². The van der Waals surface area contributed by atoms with Crippen LogP contribution in [0.25, 0.3) is 11.4 Å². The summed E-state index contributed by atoms with van der Waals surface area (Å²) >= 11 is 5.84. The van der Waals surface area contributed by atoms with Crippen molar-refractivity contribution in [3.63, 3.8) is 0 Å². The first kappa shape index (κ1) is 23.1. The molecule has 0 aliphatic carbocycles. The molecule has 4 atom stereocenters. The second kappa shape index (κ2) is 9.84. The molecule has 0 radical (unpaired) electrons. The number of carbonyl (C=O) groups excluding carboxylic acids is 1. The zero-order valence-corrected chi connectivity index (χ0v) is 17.8. The minimum atomic E-state index is -1.13. The number of amides is 1. The number of hydrogen-bond donors (Lipinski definition) is 3. The van der Waals surface area contributed by atoms with Crippen LogP contribution >= 0.6 is 11.6 Å². The van der Waals surface area contributed by atoms with E-state index in [1.807, 2.05) is 0 Å². The summed E-state index contributed by atoms with van der Waals surface area (Å²) in [7, 11) is 0. The average Bonchev–Trinajstić information content (AvgIpc) is 2.81. The van der Waals surface area contributed by atoms with E-state index >= 15 is 0 Å². The summed E-state index contributed by atoms with van der Waals surface area (Å²) < 4.78 is 34.0. The van der Waals surface area contributed by atoms with Gasteiger partial charge in [0.2, 0.25) is 0 Å². The molecule has 8 nitrogen and oxygen atoms in total. The molecule has 0 spiro atoms. The number of rotatable bonds is 5. The van der Waals surface area contributed by atoms with Gasteiger partial charge in [-0.3, -0.25) is 9.78 Å². The van der Waals surface area contributed by atoms with Crippen molar-refractivity contribution in [2.45, 2.75) is 30.8 Å². The minimum absolute atomic E-state index is 0.0299. The Morgan fingerprint density at radius 1 is 1.18 bits per heavy atom. The lowest BCUT2D eigenvalue weighted by atomic mass is 9.94. The fraction of sp³-hybridized carbons (Fsp3) is 0.273. The van der Waals surface area contributed by atoms with E-state index in [1.54, 1.807) is 6.07 Å². The van der Waals surface area contributed by atoms with Gasteiger partial charge in [0.1, 0.15) is 29.5 Å². The highest BCUT2D eigenvalue weighted by molar-refractivity contribution is 6.18. The van der Waals surface area contributed by atoms with Crippen molar-refractivity contribution >= 4 is 23.2 Å². The second-order valence-corrected chi connectivity index (χ2v) is 7.70. The van der Waals surface area contributed by atoms with Crippen LogP contribution in [0.4, 0.5) is 14.5 Å². The van der Waals surface area contributed by atoms with Crippen molar-refractivity contribution in [1.29, 1.82) is 0 Å². The summed E-state index contributed by atoms with van der Waals surface area (Å²) in [5, 5.41) is 22.8. The standard InChI is InChI=1S/C22H19ClF2N4O4/c23-9-18-20(31)16(30)8-17(33-18)11-4-6-26-10-15(11)29-22(32)14-5-7-27-21(28-14)19-12(24)2-1-3-13(19)25/h1-7,10,16-18,20,30-31H,8-9H2,(H,29,32)/t16-,17-,18-,20+/m1/s1.